The van der Waals surface area contributed by atoms with Gasteiger partial charge in [-0.15, -0.1) is 11.3 Å². The fourth-order valence-electron chi connectivity index (χ4n) is 3.50. The highest BCUT2D eigenvalue weighted by Gasteiger charge is 2.23. The SMILES string of the molecule is Cn1cc(/C=C/C(=O)N2CCC[C@H](Cc3cc(Nc4nccs4)ncn3)C2)cn1. The van der Waals surface area contributed by atoms with Crippen molar-refractivity contribution in [1.82, 2.24) is 29.6 Å². The van der Waals surface area contributed by atoms with Crippen molar-refractivity contribution in [1.29, 1.82) is 0 Å². The summed E-state index contributed by atoms with van der Waals surface area (Å²) < 4.78 is 1.72. The Morgan fingerprint density at radius 1 is 1.38 bits per heavy atom. The van der Waals surface area contributed by atoms with Crippen LogP contribution in [0.25, 0.3) is 6.08 Å². The molecular weight excluding hydrogens is 386 g/mol. The number of nitrogens with one attached hydrogen (secondary N) is 1. The second-order valence-corrected chi connectivity index (χ2v) is 8.03. The number of piperidine rings is 1. The summed E-state index contributed by atoms with van der Waals surface area (Å²) in [7, 11) is 1.86. The Morgan fingerprint density at radius 2 is 2.31 bits per heavy atom. The Balaban J connectivity index is 1.35. The van der Waals surface area contributed by atoms with Crippen LogP contribution in [-0.4, -0.2) is 48.6 Å². The molecule has 150 valence electrons. The zero-order valence-corrected chi connectivity index (χ0v) is 17.0. The average molecular weight is 410 g/mol. The van der Waals surface area contributed by atoms with E-state index in [1.165, 1.54) is 11.3 Å². The normalized spacial score (nSPS) is 17.0. The van der Waals surface area contributed by atoms with E-state index in [0.29, 0.717) is 5.92 Å². The van der Waals surface area contributed by atoms with Gasteiger partial charge in [-0.3, -0.25) is 9.48 Å². The second-order valence-electron chi connectivity index (χ2n) is 7.13. The first-order chi connectivity index (χ1) is 14.2. The fraction of sp³-hybridized carbons (Fsp3) is 0.350. The Morgan fingerprint density at radius 3 is 3.10 bits per heavy atom. The quantitative estimate of drug-likeness (QED) is 0.630. The van der Waals surface area contributed by atoms with E-state index in [0.717, 1.165) is 54.6 Å². The number of amides is 1. The van der Waals surface area contributed by atoms with Gasteiger partial charge in [0.15, 0.2) is 5.13 Å². The van der Waals surface area contributed by atoms with E-state index in [-0.39, 0.29) is 5.91 Å². The highest BCUT2D eigenvalue weighted by molar-refractivity contribution is 7.13. The van der Waals surface area contributed by atoms with E-state index in [4.69, 9.17) is 0 Å². The lowest BCUT2D eigenvalue weighted by molar-refractivity contribution is -0.127. The first kappa shape index (κ1) is 19.3. The van der Waals surface area contributed by atoms with Crippen molar-refractivity contribution >= 4 is 34.3 Å². The van der Waals surface area contributed by atoms with Crippen LogP contribution in [0.2, 0.25) is 0 Å². The Kier molecular flexibility index (Phi) is 5.95. The minimum atomic E-state index is 0.0485. The van der Waals surface area contributed by atoms with Crippen molar-refractivity contribution in [2.75, 3.05) is 18.4 Å². The Labute approximate surface area is 173 Å². The molecule has 3 aromatic rings. The molecule has 4 heterocycles. The van der Waals surface area contributed by atoms with E-state index >= 15 is 0 Å². The fourth-order valence-corrected chi connectivity index (χ4v) is 4.03. The molecule has 3 aromatic heterocycles. The minimum absolute atomic E-state index is 0.0485. The molecule has 0 bridgehead atoms. The zero-order valence-electron chi connectivity index (χ0n) is 16.2. The summed E-state index contributed by atoms with van der Waals surface area (Å²) in [5.74, 6) is 1.18. The van der Waals surface area contributed by atoms with Crippen LogP contribution < -0.4 is 5.32 Å². The summed E-state index contributed by atoms with van der Waals surface area (Å²) in [6.07, 6.45) is 13.3. The molecule has 1 amide bonds. The monoisotopic (exact) mass is 409 g/mol. The summed E-state index contributed by atoms with van der Waals surface area (Å²) in [5, 5.41) is 10.0. The lowest BCUT2D eigenvalue weighted by Crippen LogP contribution is -2.39. The van der Waals surface area contributed by atoms with E-state index in [1.54, 1.807) is 29.5 Å². The van der Waals surface area contributed by atoms with E-state index in [9.17, 15) is 4.79 Å². The predicted molar refractivity (Wildman–Crippen MR) is 113 cm³/mol. The molecule has 1 N–H and O–H groups in total. The van der Waals surface area contributed by atoms with Crippen LogP contribution in [-0.2, 0) is 18.3 Å². The maximum absolute atomic E-state index is 12.6. The lowest BCUT2D eigenvalue weighted by Gasteiger charge is -2.32. The van der Waals surface area contributed by atoms with Crippen LogP contribution in [0.5, 0.6) is 0 Å². The first-order valence-corrected chi connectivity index (χ1v) is 10.5. The molecule has 0 spiro atoms. The average Bonchev–Trinajstić information content (AvgIpc) is 3.38. The Bertz CT molecular complexity index is 982. The first-order valence-electron chi connectivity index (χ1n) is 9.59. The molecule has 0 saturated carbocycles. The van der Waals surface area contributed by atoms with Gasteiger partial charge in [0, 0.05) is 61.3 Å². The van der Waals surface area contributed by atoms with E-state index < -0.39 is 0 Å². The minimum Gasteiger partial charge on any atom is -0.339 e. The number of nitrogens with zero attached hydrogens (tertiary/aromatic N) is 6. The molecule has 9 heteroatoms. The highest BCUT2D eigenvalue weighted by atomic mass is 32.1. The topological polar surface area (TPSA) is 88.8 Å². The van der Waals surface area contributed by atoms with Crippen LogP contribution in [0, 0.1) is 5.92 Å². The highest BCUT2D eigenvalue weighted by Crippen LogP contribution is 2.22. The van der Waals surface area contributed by atoms with Crippen LogP contribution >= 0.6 is 11.3 Å². The summed E-state index contributed by atoms with van der Waals surface area (Å²) in [5.41, 5.74) is 1.90. The predicted octanol–water partition coefficient (Wildman–Crippen LogP) is 2.90. The summed E-state index contributed by atoms with van der Waals surface area (Å²) in [6, 6.07) is 1.96. The molecule has 1 aliphatic heterocycles. The third-order valence-electron chi connectivity index (χ3n) is 4.86. The van der Waals surface area contributed by atoms with Gasteiger partial charge in [0.05, 0.1) is 6.20 Å². The van der Waals surface area contributed by atoms with Crippen molar-refractivity contribution in [3.63, 3.8) is 0 Å². The van der Waals surface area contributed by atoms with Crippen molar-refractivity contribution in [3.05, 3.63) is 53.7 Å². The van der Waals surface area contributed by atoms with Gasteiger partial charge in [-0.2, -0.15) is 5.10 Å². The molecule has 4 rings (SSSR count). The number of aryl methyl sites for hydroxylation is 1. The van der Waals surface area contributed by atoms with Crippen LogP contribution in [0.3, 0.4) is 0 Å². The molecular formula is C20H23N7OS. The van der Waals surface area contributed by atoms with Gasteiger partial charge >= 0.3 is 0 Å². The summed E-state index contributed by atoms with van der Waals surface area (Å²) in [6.45, 7) is 1.54. The van der Waals surface area contributed by atoms with Crippen molar-refractivity contribution < 1.29 is 4.79 Å². The molecule has 1 saturated heterocycles. The molecule has 0 aromatic carbocycles. The third kappa shape index (κ3) is 5.26. The molecule has 0 unspecified atom stereocenters. The molecule has 0 radical (unpaired) electrons. The van der Waals surface area contributed by atoms with Gasteiger partial charge in [0.2, 0.25) is 5.91 Å². The van der Waals surface area contributed by atoms with Gasteiger partial charge in [0.25, 0.3) is 0 Å². The number of thiazole rings is 1. The molecule has 1 fully saturated rings. The van der Waals surface area contributed by atoms with Gasteiger partial charge < -0.3 is 10.2 Å². The number of likely N-dealkylation sites (tertiary alicyclic amines) is 1. The number of hydrogen-bond acceptors (Lipinski definition) is 7. The molecule has 29 heavy (non-hydrogen) atoms. The van der Waals surface area contributed by atoms with Crippen LogP contribution in [0.15, 0.2) is 42.4 Å². The molecule has 1 atom stereocenters. The van der Waals surface area contributed by atoms with Gasteiger partial charge in [0.1, 0.15) is 12.1 Å². The largest absolute Gasteiger partial charge is 0.339 e. The summed E-state index contributed by atoms with van der Waals surface area (Å²) >= 11 is 1.53. The number of carbonyl (C=O) groups is 1. The molecule has 8 nitrogen and oxygen atoms in total. The van der Waals surface area contributed by atoms with E-state index in [1.807, 2.05) is 35.7 Å². The number of aromatic nitrogens is 5. The van der Waals surface area contributed by atoms with Crippen LogP contribution in [0.1, 0.15) is 24.1 Å². The molecule has 0 aliphatic carbocycles. The maximum Gasteiger partial charge on any atom is 0.246 e. The smallest absolute Gasteiger partial charge is 0.246 e. The number of rotatable bonds is 6. The third-order valence-corrected chi connectivity index (χ3v) is 5.55. The number of hydrogen-bond donors (Lipinski definition) is 1. The van der Waals surface area contributed by atoms with Crippen LogP contribution in [0.4, 0.5) is 10.9 Å². The van der Waals surface area contributed by atoms with Gasteiger partial charge in [-0.25, -0.2) is 15.0 Å². The van der Waals surface area contributed by atoms with Crippen molar-refractivity contribution in [3.8, 4) is 0 Å². The van der Waals surface area contributed by atoms with E-state index in [2.05, 4.69) is 25.4 Å². The van der Waals surface area contributed by atoms with Crippen molar-refractivity contribution in [2.24, 2.45) is 13.0 Å². The standard InChI is InChI=1S/C20H23N7OS/c1-26-12-16(11-24-26)4-5-19(28)27-7-2-3-15(13-27)9-17-10-18(23-14-22-17)25-20-21-6-8-29-20/h4-6,8,10-12,14-15H,2-3,7,9,13H2,1H3,(H,21,22,23,25)/b5-4+/t15-/m1/s1. The lowest BCUT2D eigenvalue weighted by atomic mass is 9.93. The zero-order chi connectivity index (χ0) is 20.1. The van der Waals surface area contributed by atoms with Gasteiger partial charge in [-0.05, 0) is 31.3 Å². The second kappa shape index (κ2) is 8.95. The summed E-state index contributed by atoms with van der Waals surface area (Å²) in [4.78, 5) is 27.4. The maximum atomic E-state index is 12.6. The van der Waals surface area contributed by atoms with Gasteiger partial charge in [-0.1, -0.05) is 0 Å². The molecule has 1 aliphatic rings. The van der Waals surface area contributed by atoms with Crippen molar-refractivity contribution in [2.45, 2.75) is 19.3 Å². The number of anilines is 2. The Hall–Kier alpha value is -3.07. The number of carbonyl (C=O) groups excluding carboxylic acids is 1.